The number of hydrogen-bond acceptors (Lipinski definition) is 6. The minimum absolute atomic E-state index is 0.185. The minimum Gasteiger partial charge on any atom is -0.465 e. The first kappa shape index (κ1) is 11.2. The molecule has 1 aliphatic heterocycles. The summed E-state index contributed by atoms with van der Waals surface area (Å²) < 4.78 is 4.90. The standard InChI is InChI=1S/C11H10N4O2S/c16-10-8(3-6-17-10)18-11-13-9(14-15-11)7-1-4-12-5-2-7/h1-2,4-5,8H,3,6H2,(H,13,14,15). The first-order valence-corrected chi connectivity index (χ1v) is 6.37. The zero-order valence-corrected chi connectivity index (χ0v) is 10.2. The second-order valence-corrected chi connectivity index (χ2v) is 4.94. The summed E-state index contributed by atoms with van der Waals surface area (Å²) >= 11 is 1.33. The van der Waals surface area contributed by atoms with Crippen LogP contribution in [0, 0.1) is 0 Å². The molecule has 1 fully saturated rings. The number of nitrogens with one attached hydrogen (secondary N) is 1. The number of H-pyrrole nitrogens is 1. The van der Waals surface area contributed by atoms with Crippen LogP contribution in [0.15, 0.2) is 29.7 Å². The zero-order chi connectivity index (χ0) is 12.4. The van der Waals surface area contributed by atoms with Crippen LogP contribution in [0.2, 0.25) is 0 Å². The third kappa shape index (κ3) is 2.21. The molecule has 0 radical (unpaired) electrons. The highest BCUT2D eigenvalue weighted by Crippen LogP contribution is 2.28. The Bertz CT molecular complexity index is 557. The van der Waals surface area contributed by atoms with Crippen LogP contribution in [0.1, 0.15) is 6.42 Å². The Morgan fingerprint density at radius 2 is 2.22 bits per heavy atom. The normalized spacial score (nSPS) is 18.9. The fraction of sp³-hybridized carbons (Fsp3) is 0.273. The van der Waals surface area contributed by atoms with Crippen molar-refractivity contribution in [1.82, 2.24) is 20.2 Å². The smallest absolute Gasteiger partial charge is 0.319 e. The molecule has 1 saturated heterocycles. The van der Waals surface area contributed by atoms with Crippen molar-refractivity contribution in [2.45, 2.75) is 16.8 Å². The molecule has 2 aromatic rings. The molecule has 1 unspecified atom stereocenters. The number of pyridine rings is 1. The SMILES string of the molecule is O=C1OCCC1Sc1n[nH]c(-c2ccncc2)n1. The maximum Gasteiger partial charge on any atom is 0.319 e. The van der Waals surface area contributed by atoms with Crippen LogP contribution < -0.4 is 0 Å². The molecule has 1 N–H and O–H groups in total. The number of aromatic amines is 1. The summed E-state index contributed by atoms with van der Waals surface area (Å²) in [6, 6.07) is 3.69. The molecule has 0 aliphatic carbocycles. The Labute approximate surface area is 107 Å². The van der Waals surface area contributed by atoms with Gasteiger partial charge in [-0.3, -0.25) is 14.9 Å². The van der Waals surface area contributed by atoms with E-state index < -0.39 is 0 Å². The number of thioether (sulfide) groups is 1. The number of hydrogen-bond donors (Lipinski definition) is 1. The molecule has 1 atom stereocenters. The summed E-state index contributed by atoms with van der Waals surface area (Å²) in [7, 11) is 0. The molecule has 0 bridgehead atoms. The molecule has 6 nitrogen and oxygen atoms in total. The molecule has 0 saturated carbocycles. The fourth-order valence-corrected chi connectivity index (χ4v) is 2.52. The van der Waals surface area contributed by atoms with Gasteiger partial charge in [0, 0.05) is 24.4 Å². The number of ether oxygens (including phenoxy) is 1. The molecule has 3 heterocycles. The maximum absolute atomic E-state index is 11.3. The molecule has 0 aromatic carbocycles. The van der Waals surface area contributed by atoms with Crippen molar-refractivity contribution >= 4 is 17.7 Å². The monoisotopic (exact) mass is 262 g/mol. The van der Waals surface area contributed by atoms with Crippen molar-refractivity contribution in [1.29, 1.82) is 0 Å². The molecule has 18 heavy (non-hydrogen) atoms. The van der Waals surface area contributed by atoms with Crippen molar-refractivity contribution < 1.29 is 9.53 Å². The van der Waals surface area contributed by atoms with E-state index in [0.29, 0.717) is 24.0 Å². The van der Waals surface area contributed by atoms with Gasteiger partial charge in [0.2, 0.25) is 5.16 Å². The van der Waals surface area contributed by atoms with Gasteiger partial charge >= 0.3 is 5.97 Å². The van der Waals surface area contributed by atoms with E-state index in [1.54, 1.807) is 12.4 Å². The van der Waals surface area contributed by atoms with Crippen LogP contribution >= 0.6 is 11.8 Å². The number of esters is 1. The van der Waals surface area contributed by atoms with Gasteiger partial charge in [-0.25, -0.2) is 4.98 Å². The molecule has 0 spiro atoms. The number of rotatable bonds is 3. The topological polar surface area (TPSA) is 80.8 Å². The van der Waals surface area contributed by atoms with Crippen molar-refractivity contribution in [3.8, 4) is 11.4 Å². The largest absolute Gasteiger partial charge is 0.465 e. The van der Waals surface area contributed by atoms with Gasteiger partial charge in [-0.05, 0) is 12.1 Å². The Hall–Kier alpha value is -1.89. The number of nitrogens with zero attached hydrogens (tertiary/aromatic N) is 3. The van der Waals surface area contributed by atoms with Crippen molar-refractivity contribution in [3.63, 3.8) is 0 Å². The van der Waals surface area contributed by atoms with Crippen LogP contribution in [0.5, 0.6) is 0 Å². The second kappa shape index (κ2) is 4.77. The van der Waals surface area contributed by atoms with Gasteiger partial charge in [-0.2, -0.15) is 0 Å². The third-order valence-corrected chi connectivity index (χ3v) is 3.66. The van der Waals surface area contributed by atoms with E-state index in [1.807, 2.05) is 12.1 Å². The molecular formula is C11H10N4O2S. The van der Waals surface area contributed by atoms with Crippen LogP contribution in [-0.4, -0.2) is 38.0 Å². The highest BCUT2D eigenvalue weighted by Gasteiger charge is 2.28. The number of carbonyl (C=O) groups is 1. The van der Waals surface area contributed by atoms with E-state index >= 15 is 0 Å². The highest BCUT2D eigenvalue weighted by molar-refractivity contribution is 8.00. The average Bonchev–Trinajstić information content (AvgIpc) is 3.02. The van der Waals surface area contributed by atoms with E-state index in [1.165, 1.54) is 11.8 Å². The Balaban J connectivity index is 1.76. The van der Waals surface area contributed by atoms with E-state index in [4.69, 9.17) is 4.74 Å². The lowest BCUT2D eigenvalue weighted by atomic mass is 10.3. The Morgan fingerprint density at radius 3 is 2.94 bits per heavy atom. The minimum atomic E-state index is -0.189. The number of carbonyl (C=O) groups excluding carboxylic acids is 1. The lowest BCUT2D eigenvalue weighted by molar-refractivity contribution is -0.137. The summed E-state index contributed by atoms with van der Waals surface area (Å²) in [5.41, 5.74) is 0.915. The molecule has 1 aliphatic rings. The van der Waals surface area contributed by atoms with Gasteiger partial charge in [0.25, 0.3) is 0 Å². The Morgan fingerprint density at radius 1 is 1.39 bits per heavy atom. The van der Waals surface area contributed by atoms with Gasteiger partial charge < -0.3 is 4.74 Å². The molecule has 92 valence electrons. The van der Waals surface area contributed by atoms with E-state index in [2.05, 4.69) is 20.2 Å². The van der Waals surface area contributed by atoms with Crippen LogP contribution in [-0.2, 0) is 9.53 Å². The van der Waals surface area contributed by atoms with Gasteiger partial charge in [-0.15, -0.1) is 5.10 Å². The first-order valence-electron chi connectivity index (χ1n) is 5.49. The molecule has 2 aromatic heterocycles. The first-order chi connectivity index (χ1) is 8.83. The number of cyclic esters (lactones) is 1. The molecule has 0 amide bonds. The summed E-state index contributed by atoms with van der Waals surface area (Å²) in [6.07, 6.45) is 4.10. The van der Waals surface area contributed by atoms with E-state index in [9.17, 15) is 4.79 Å². The Kier molecular flexibility index (Phi) is 2.97. The highest BCUT2D eigenvalue weighted by atomic mass is 32.2. The van der Waals surface area contributed by atoms with E-state index in [0.717, 1.165) is 5.56 Å². The van der Waals surface area contributed by atoms with Crippen LogP contribution in [0.25, 0.3) is 11.4 Å². The number of aromatic nitrogens is 4. The molecule has 7 heteroatoms. The quantitative estimate of drug-likeness (QED) is 0.839. The van der Waals surface area contributed by atoms with Gasteiger partial charge in [0.1, 0.15) is 5.25 Å². The predicted molar refractivity (Wildman–Crippen MR) is 64.8 cm³/mol. The lowest BCUT2D eigenvalue weighted by Crippen LogP contribution is -2.09. The van der Waals surface area contributed by atoms with Crippen molar-refractivity contribution in [2.24, 2.45) is 0 Å². The third-order valence-electron chi connectivity index (χ3n) is 2.55. The summed E-state index contributed by atoms with van der Waals surface area (Å²) in [5.74, 6) is 0.488. The predicted octanol–water partition coefficient (Wildman–Crippen LogP) is 1.27. The summed E-state index contributed by atoms with van der Waals surface area (Å²) in [6.45, 7) is 0.484. The summed E-state index contributed by atoms with van der Waals surface area (Å²) in [4.78, 5) is 19.6. The van der Waals surface area contributed by atoms with Crippen LogP contribution in [0.4, 0.5) is 0 Å². The second-order valence-electron chi connectivity index (χ2n) is 3.77. The lowest BCUT2D eigenvalue weighted by Gasteiger charge is -1.99. The maximum atomic E-state index is 11.3. The fourth-order valence-electron chi connectivity index (χ4n) is 1.65. The van der Waals surface area contributed by atoms with Crippen molar-refractivity contribution in [2.75, 3.05) is 6.61 Å². The van der Waals surface area contributed by atoms with Crippen molar-refractivity contribution in [3.05, 3.63) is 24.5 Å². The van der Waals surface area contributed by atoms with Crippen LogP contribution in [0.3, 0.4) is 0 Å². The van der Waals surface area contributed by atoms with E-state index in [-0.39, 0.29) is 11.2 Å². The summed E-state index contributed by atoms with van der Waals surface area (Å²) in [5, 5.41) is 7.31. The molecule has 3 rings (SSSR count). The van der Waals surface area contributed by atoms with Gasteiger partial charge in [-0.1, -0.05) is 11.8 Å². The molecular weight excluding hydrogens is 252 g/mol. The van der Waals surface area contributed by atoms with Gasteiger partial charge in [0.15, 0.2) is 5.82 Å². The average molecular weight is 262 g/mol. The van der Waals surface area contributed by atoms with Gasteiger partial charge in [0.05, 0.1) is 6.61 Å². The zero-order valence-electron chi connectivity index (χ0n) is 9.37.